The quantitative estimate of drug-likeness (QED) is 0.515. The Kier molecular flexibility index (Phi) is 7.21. The number of rotatable bonds is 5. The molecule has 1 fully saturated rings. The van der Waals surface area contributed by atoms with Crippen LogP contribution in [0.4, 0.5) is 0 Å². The number of allylic oxidation sites excluding steroid dienone is 2. The topological polar surface area (TPSA) is 87.0 Å². The standard InChI is InChI=1S/C24H27B2O5/c1-24(2,3)20-14-18(12-16-4-8-21(9-5-16)26(29)30)23(27)19(15-20)13-17-6-10-22(11-7-17)31-25-28/h4-13,20,28-30H,14-15H2,1-3H3/b18-12+,19-13+. The minimum absolute atomic E-state index is 0.0378. The van der Waals surface area contributed by atoms with Crippen LogP contribution in [-0.4, -0.2) is 35.7 Å². The molecule has 2 aromatic carbocycles. The summed E-state index contributed by atoms with van der Waals surface area (Å²) in [6, 6.07) is 14.0. The Morgan fingerprint density at radius 2 is 1.42 bits per heavy atom. The summed E-state index contributed by atoms with van der Waals surface area (Å²) in [5.41, 5.74) is 3.72. The van der Waals surface area contributed by atoms with Gasteiger partial charge in [-0.25, -0.2) is 0 Å². The highest BCUT2D eigenvalue weighted by molar-refractivity contribution is 6.58. The Labute approximate surface area is 184 Å². The van der Waals surface area contributed by atoms with Crippen molar-refractivity contribution in [3.05, 3.63) is 70.8 Å². The molecule has 1 saturated carbocycles. The highest BCUT2D eigenvalue weighted by Crippen LogP contribution is 2.42. The van der Waals surface area contributed by atoms with Gasteiger partial charge in [-0.3, -0.25) is 4.79 Å². The predicted molar refractivity (Wildman–Crippen MR) is 124 cm³/mol. The SMILES string of the molecule is CC(C)(C)C1C/C(=C\c2ccc(O[B]O)cc2)C(=O)/C(=C/c2ccc(B(O)O)cc2)C1. The van der Waals surface area contributed by atoms with Crippen LogP contribution in [0.5, 0.6) is 5.75 Å². The summed E-state index contributed by atoms with van der Waals surface area (Å²) in [5, 5.41) is 27.3. The maximum Gasteiger partial charge on any atom is 0.569 e. The third-order valence-electron chi connectivity index (χ3n) is 5.73. The number of ketones is 1. The molecule has 2 aromatic rings. The molecule has 0 saturated heterocycles. The molecule has 1 radical (unpaired) electrons. The van der Waals surface area contributed by atoms with Crippen LogP contribution in [0.25, 0.3) is 12.2 Å². The smallest absolute Gasteiger partial charge is 0.537 e. The van der Waals surface area contributed by atoms with E-state index in [1.165, 1.54) is 0 Å². The van der Waals surface area contributed by atoms with Crippen LogP contribution in [0.1, 0.15) is 44.7 Å². The van der Waals surface area contributed by atoms with Crippen molar-refractivity contribution in [2.45, 2.75) is 33.6 Å². The summed E-state index contributed by atoms with van der Waals surface area (Å²) in [7, 11) is -0.874. The second kappa shape index (κ2) is 9.69. The third-order valence-corrected chi connectivity index (χ3v) is 5.73. The van der Waals surface area contributed by atoms with Crippen molar-refractivity contribution in [3.8, 4) is 5.75 Å². The van der Waals surface area contributed by atoms with Crippen molar-refractivity contribution < 1.29 is 24.5 Å². The van der Waals surface area contributed by atoms with Crippen LogP contribution < -0.4 is 10.1 Å². The molecular formula is C24H27B2O5. The van der Waals surface area contributed by atoms with Gasteiger partial charge in [-0.1, -0.05) is 57.2 Å². The lowest BCUT2D eigenvalue weighted by Gasteiger charge is -2.35. The first-order valence-corrected chi connectivity index (χ1v) is 10.3. The second-order valence-electron chi connectivity index (χ2n) is 8.97. The normalized spacial score (nSPS) is 19.5. The molecule has 0 aliphatic heterocycles. The van der Waals surface area contributed by atoms with Crippen molar-refractivity contribution in [2.75, 3.05) is 0 Å². The van der Waals surface area contributed by atoms with Crippen LogP contribution in [0.2, 0.25) is 0 Å². The summed E-state index contributed by atoms with van der Waals surface area (Å²) >= 11 is 0. The van der Waals surface area contributed by atoms with E-state index in [2.05, 4.69) is 20.8 Å². The van der Waals surface area contributed by atoms with Gasteiger partial charge in [-0.15, -0.1) is 0 Å². The number of hydrogen-bond acceptors (Lipinski definition) is 5. The Morgan fingerprint density at radius 3 is 1.84 bits per heavy atom. The molecule has 159 valence electrons. The van der Waals surface area contributed by atoms with Gasteiger partial charge in [0.25, 0.3) is 0 Å². The molecule has 0 aromatic heterocycles. The molecule has 31 heavy (non-hydrogen) atoms. The van der Waals surface area contributed by atoms with Crippen molar-refractivity contribution in [1.82, 2.24) is 0 Å². The third kappa shape index (κ3) is 5.97. The van der Waals surface area contributed by atoms with Crippen molar-refractivity contribution in [3.63, 3.8) is 0 Å². The van der Waals surface area contributed by atoms with Crippen LogP contribution in [0.15, 0.2) is 59.7 Å². The van der Waals surface area contributed by atoms with Gasteiger partial charge < -0.3 is 19.7 Å². The molecule has 5 nitrogen and oxygen atoms in total. The van der Waals surface area contributed by atoms with Gasteiger partial charge in [0.15, 0.2) is 5.78 Å². The van der Waals surface area contributed by atoms with E-state index < -0.39 is 7.12 Å². The minimum Gasteiger partial charge on any atom is -0.537 e. The molecule has 1 unspecified atom stereocenters. The van der Waals surface area contributed by atoms with Gasteiger partial charge in [0.1, 0.15) is 5.75 Å². The Hall–Kier alpha value is -2.60. The van der Waals surface area contributed by atoms with E-state index in [0.29, 0.717) is 37.7 Å². The van der Waals surface area contributed by atoms with Gasteiger partial charge in [-0.05, 0) is 65.0 Å². The summed E-state index contributed by atoms with van der Waals surface area (Å²) in [5.74, 6) is 0.868. The van der Waals surface area contributed by atoms with Crippen LogP contribution in [0.3, 0.4) is 0 Å². The molecule has 3 N–H and O–H groups in total. The van der Waals surface area contributed by atoms with Gasteiger partial charge in [0, 0.05) is 11.1 Å². The number of benzene rings is 2. The summed E-state index contributed by atoms with van der Waals surface area (Å²) in [4.78, 5) is 13.3. The predicted octanol–water partition coefficient (Wildman–Crippen LogP) is 2.76. The highest BCUT2D eigenvalue weighted by Gasteiger charge is 2.34. The minimum atomic E-state index is -1.51. The Morgan fingerprint density at radius 1 is 0.935 bits per heavy atom. The fraction of sp³-hybridized carbons (Fsp3) is 0.292. The van der Waals surface area contributed by atoms with Gasteiger partial charge in [0.2, 0.25) is 0 Å². The molecule has 7 heteroatoms. The lowest BCUT2D eigenvalue weighted by Crippen LogP contribution is -2.29. The zero-order chi connectivity index (χ0) is 22.6. The number of hydrogen-bond donors (Lipinski definition) is 3. The lowest BCUT2D eigenvalue weighted by molar-refractivity contribution is -0.113. The lowest BCUT2D eigenvalue weighted by atomic mass is 9.68. The molecule has 0 amide bonds. The molecule has 3 rings (SSSR count). The first-order valence-electron chi connectivity index (χ1n) is 10.3. The largest absolute Gasteiger partial charge is 0.569 e. The van der Waals surface area contributed by atoms with E-state index in [1.54, 1.807) is 36.4 Å². The van der Waals surface area contributed by atoms with E-state index in [4.69, 9.17) is 9.68 Å². The number of Topliss-reactive ketones (excluding diaryl/α,β-unsaturated/α-hetero) is 1. The van der Waals surface area contributed by atoms with Crippen molar-refractivity contribution in [2.24, 2.45) is 11.3 Å². The zero-order valence-electron chi connectivity index (χ0n) is 18.1. The Bertz CT molecular complexity index is 971. The van der Waals surface area contributed by atoms with Crippen molar-refractivity contribution >= 4 is 38.2 Å². The summed E-state index contributed by atoms with van der Waals surface area (Å²) < 4.78 is 4.94. The van der Waals surface area contributed by atoms with Crippen LogP contribution in [0, 0.1) is 11.3 Å². The summed E-state index contributed by atoms with van der Waals surface area (Å²) in [6.07, 6.45) is 5.22. The first-order chi connectivity index (χ1) is 14.7. The number of carbonyl (C=O) groups is 1. The van der Waals surface area contributed by atoms with Crippen LogP contribution in [-0.2, 0) is 4.79 Å². The molecule has 0 spiro atoms. The average Bonchev–Trinajstić information content (AvgIpc) is 2.72. The monoisotopic (exact) mass is 417 g/mol. The van der Waals surface area contributed by atoms with Gasteiger partial charge >= 0.3 is 14.8 Å². The van der Waals surface area contributed by atoms with E-state index in [9.17, 15) is 14.8 Å². The van der Waals surface area contributed by atoms with Gasteiger partial charge in [0.05, 0.1) is 0 Å². The van der Waals surface area contributed by atoms with E-state index in [0.717, 1.165) is 22.3 Å². The molecule has 0 heterocycles. The fourth-order valence-electron chi connectivity index (χ4n) is 3.73. The van der Waals surface area contributed by atoms with E-state index >= 15 is 0 Å². The second-order valence-corrected chi connectivity index (χ2v) is 8.97. The maximum atomic E-state index is 13.3. The highest BCUT2D eigenvalue weighted by atomic mass is 16.5. The zero-order valence-corrected chi connectivity index (χ0v) is 18.1. The number of carbonyl (C=O) groups excluding carboxylic acids is 1. The first kappa shape index (κ1) is 23.1. The molecular weight excluding hydrogens is 390 g/mol. The van der Waals surface area contributed by atoms with E-state index in [-0.39, 0.29) is 11.2 Å². The maximum absolute atomic E-state index is 13.3. The molecule has 1 aliphatic carbocycles. The average molecular weight is 417 g/mol. The van der Waals surface area contributed by atoms with Gasteiger partial charge in [-0.2, -0.15) is 0 Å². The van der Waals surface area contributed by atoms with E-state index in [1.807, 2.05) is 24.3 Å². The molecule has 0 bridgehead atoms. The molecule has 1 atom stereocenters. The van der Waals surface area contributed by atoms with Crippen LogP contribution >= 0.6 is 0 Å². The van der Waals surface area contributed by atoms with Crippen molar-refractivity contribution in [1.29, 1.82) is 0 Å². The molecule has 1 aliphatic rings. The summed E-state index contributed by atoms with van der Waals surface area (Å²) in [6.45, 7) is 6.58. The fourth-order valence-corrected chi connectivity index (χ4v) is 3.73. The Balaban J connectivity index is 1.93.